The van der Waals surface area contributed by atoms with Crippen LogP contribution < -0.4 is 4.90 Å². The molecule has 5 nitrogen and oxygen atoms in total. The smallest absolute Gasteiger partial charge is 0.224 e. The third-order valence-electron chi connectivity index (χ3n) is 8.01. The van der Waals surface area contributed by atoms with Crippen molar-refractivity contribution in [1.29, 1.82) is 5.26 Å². The maximum atomic E-state index is 12.8. The maximum absolute atomic E-state index is 12.8. The molecule has 0 bridgehead atoms. The molecule has 1 amide bonds. The van der Waals surface area contributed by atoms with E-state index in [4.69, 9.17) is 4.98 Å². The van der Waals surface area contributed by atoms with Crippen molar-refractivity contribution in [3.05, 3.63) is 58.4 Å². The summed E-state index contributed by atoms with van der Waals surface area (Å²) in [6, 6.07) is 12.3. The van der Waals surface area contributed by atoms with Crippen molar-refractivity contribution in [2.75, 3.05) is 4.90 Å². The van der Waals surface area contributed by atoms with Gasteiger partial charge >= 0.3 is 0 Å². The molecule has 1 unspecified atom stereocenters. The number of aromatic nitrogens is 1. The molecule has 5 heteroatoms. The summed E-state index contributed by atoms with van der Waals surface area (Å²) in [4.78, 5) is 19.6. The highest BCUT2D eigenvalue weighted by Crippen LogP contribution is 2.65. The van der Waals surface area contributed by atoms with Crippen molar-refractivity contribution in [1.82, 2.24) is 4.98 Å². The first kappa shape index (κ1) is 21.2. The number of nitrogens with zero attached hydrogens (tertiary/aromatic N) is 3. The van der Waals surface area contributed by atoms with E-state index in [1.165, 1.54) is 12.8 Å². The maximum Gasteiger partial charge on any atom is 0.224 e. The van der Waals surface area contributed by atoms with Crippen LogP contribution in [-0.4, -0.2) is 22.0 Å². The molecule has 5 rings (SSSR count). The van der Waals surface area contributed by atoms with Crippen molar-refractivity contribution in [3.8, 4) is 6.07 Å². The largest absolute Gasteiger partial charge is 0.392 e. The van der Waals surface area contributed by atoms with Gasteiger partial charge in [0.2, 0.25) is 5.91 Å². The van der Waals surface area contributed by atoms with Crippen LogP contribution >= 0.6 is 0 Å². The molecule has 1 aliphatic heterocycles. The van der Waals surface area contributed by atoms with Crippen molar-refractivity contribution in [2.45, 2.75) is 71.4 Å². The first-order chi connectivity index (χ1) is 15.4. The highest BCUT2D eigenvalue weighted by Gasteiger charge is 2.58. The summed E-state index contributed by atoms with van der Waals surface area (Å²) < 4.78 is 0. The van der Waals surface area contributed by atoms with Crippen molar-refractivity contribution < 1.29 is 9.90 Å². The number of nitriles is 1. The lowest BCUT2D eigenvalue weighted by molar-refractivity contribution is -0.117. The summed E-state index contributed by atoms with van der Waals surface area (Å²) >= 11 is 0. The van der Waals surface area contributed by atoms with Crippen LogP contribution in [0.3, 0.4) is 0 Å². The van der Waals surface area contributed by atoms with E-state index in [9.17, 15) is 15.2 Å². The Balaban J connectivity index is 1.63. The zero-order valence-electron chi connectivity index (χ0n) is 19.1. The second-order valence-electron chi connectivity index (χ2n) is 10.2. The first-order valence-corrected chi connectivity index (χ1v) is 11.8. The molecule has 32 heavy (non-hydrogen) atoms. The number of aliphatic hydroxyl groups is 1. The van der Waals surface area contributed by atoms with Gasteiger partial charge in [-0.15, -0.1) is 0 Å². The van der Waals surface area contributed by atoms with E-state index in [0.29, 0.717) is 17.4 Å². The molecule has 3 atom stereocenters. The molecule has 3 aliphatic rings. The summed E-state index contributed by atoms with van der Waals surface area (Å²) in [5.41, 5.74) is 5.70. The summed E-state index contributed by atoms with van der Waals surface area (Å²) in [5.74, 6) is 1.21. The minimum atomic E-state index is -0.00308. The number of hydrogen-bond donors (Lipinski definition) is 1. The van der Waals surface area contributed by atoms with E-state index < -0.39 is 0 Å². The highest BCUT2D eigenvalue weighted by molar-refractivity contribution is 5.94. The zero-order valence-corrected chi connectivity index (χ0v) is 19.1. The quantitative estimate of drug-likeness (QED) is 0.751. The molecular formula is C27H31N3O2. The van der Waals surface area contributed by atoms with Crippen LogP contribution in [0.4, 0.5) is 5.69 Å². The molecule has 2 fully saturated rings. The number of anilines is 1. The molecule has 2 aromatic rings. The van der Waals surface area contributed by atoms with Crippen LogP contribution in [0, 0.1) is 35.5 Å². The topological polar surface area (TPSA) is 77.2 Å². The van der Waals surface area contributed by atoms with E-state index >= 15 is 0 Å². The Morgan fingerprint density at radius 2 is 2.03 bits per heavy atom. The lowest BCUT2D eigenvalue weighted by atomic mass is 9.66. The second-order valence-corrected chi connectivity index (χ2v) is 10.2. The average Bonchev–Trinajstić information content (AvgIpc) is 3.69. The molecule has 2 aliphatic carbocycles. The van der Waals surface area contributed by atoms with Gasteiger partial charge in [-0.2, -0.15) is 5.26 Å². The molecule has 1 aromatic heterocycles. The number of carbonyl (C=O) groups excluding carboxylic acids is 1. The van der Waals surface area contributed by atoms with Gasteiger partial charge in [0.15, 0.2) is 0 Å². The number of benzene rings is 1. The third-order valence-corrected chi connectivity index (χ3v) is 8.01. The fraction of sp³-hybridized carbons (Fsp3) is 0.519. The van der Waals surface area contributed by atoms with E-state index in [1.807, 2.05) is 42.2 Å². The number of hydrogen-bond acceptors (Lipinski definition) is 4. The summed E-state index contributed by atoms with van der Waals surface area (Å²) in [6.07, 6.45) is 5.40. The Kier molecular flexibility index (Phi) is 5.09. The van der Waals surface area contributed by atoms with E-state index in [-0.39, 0.29) is 29.9 Å². The molecule has 0 radical (unpaired) electrons. The SMILES string of the molecule is CC(=O)N1c2ccc(C#N)cc2[C@H](C2(Cc3nc(C)ccc3CO)CC2)[C@@H](C)C1C1CC1. The van der Waals surface area contributed by atoms with Gasteiger partial charge in [-0.3, -0.25) is 9.78 Å². The second kappa shape index (κ2) is 7.71. The number of aryl methyl sites for hydroxylation is 1. The Morgan fingerprint density at radius 3 is 2.62 bits per heavy atom. The van der Waals surface area contributed by atoms with E-state index in [1.54, 1.807) is 6.92 Å². The number of carbonyl (C=O) groups is 1. The zero-order chi connectivity index (χ0) is 22.6. The number of rotatable bonds is 5. The predicted molar refractivity (Wildman–Crippen MR) is 123 cm³/mol. The molecule has 0 spiro atoms. The minimum Gasteiger partial charge on any atom is -0.392 e. The normalized spacial score (nSPS) is 25.7. The summed E-state index contributed by atoms with van der Waals surface area (Å²) in [6.45, 7) is 5.97. The van der Waals surface area contributed by atoms with Gasteiger partial charge in [-0.25, -0.2) is 0 Å². The van der Waals surface area contributed by atoms with E-state index in [0.717, 1.165) is 47.5 Å². The van der Waals surface area contributed by atoms with Crippen LogP contribution in [0.25, 0.3) is 0 Å². The van der Waals surface area contributed by atoms with Gasteiger partial charge in [0.1, 0.15) is 0 Å². The number of pyridine rings is 1. The lowest BCUT2D eigenvalue weighted by Gasteiger charge is -2.48. The molecule has 2 saturated carbocycles. The number of amides is 1. The van der Waals surface area contributed by atoms with Gasteiger partial charge in [0.25, 0.3) is 0 Å². The molecule has 1 N–H and O–H groups in total. The fourth-order valence-electron chi connectivity index (χ4n) is 6.34. The first-order valence-electron chi connectivity index (χ1n) is 11.8. The van der Waals surface area contributed by atoms with Crippen LogP contribution in [0.1, 0.15) is 73.5 Å². The molecular weight excluding hydrogens is 398 g/mol. The van der Waals surface area contributed by atoms with Crippen LogP contribution in [0.2, 0.25) is 0 Å². The molecule has 0 saturated heterocycles. The van der Waals surface area contributed by atoms with Gasteiger partial charge < -0.3 is 10.0 Å². The van der Waals surface area contributed by atoms with Gasteiger partial charge in [-0.1, -0.05) is 13.0 Å². The molecule has 1 aromatic carbocycles. The minimum absolute atomic E-state index is 0.00308. The van der Waals surface area contributed by atoms with Gasteiger partial charge in [-0.05, 0) is 97.6 Å². The fourth-order valence-corrected chi connectivity index (χ4v) is 6.34. The lowest BCUT2D eigenvalue weighted by Crippen LogP contribution is -2.51. The number of aliphatic hydroxyl groups excluding tert-OH is 1. The van der Waals surface area contributed by atoms with Gasteiger partial charge in [0.05, 0.1) is 18.2 Å². The third kappa shape index (κ3) is 3.42. The van der Waals surface area contributed by atoms with Gasteiger partial charge in [0, 0.05) is 30.0 Å². The number of fused-ring (bicyclic) bond motifs is 1. The summed E-state index contributed by atoms with van der Waals surface area (Å²) in [5, 5.41) is 19.5. The highest BCUT2D eigenvalue weighted by atomic mass is 16.3. The van der Waals surface area contributed by atoms with Crippen LogP contribution in [-0.2, 0) is 17.8 Å². The predicted octanol–water partition coefficient (Wildman–Crippen LogP) is 4.64. The Morgan fingerprint density at radius 1 is 1.28 bits per heavy atom. The van der Waals surface area contributed by atoms with E-state index in [2.05, 4.69) is 13.0 Å². The Labute approximate surface area is 190 Å². The average molecular weight is 430 g/mol. The molecule has 2 heterocycles. The summed E-state index contributed by atoms with van der Waals surface area (Å²) in [7, 11) is 0. The monoisotopic (exact) mass is 429 g/mol. The van der Waals surface area contributed by atoms with Crippen molar-refractivity contribution >= 4 is 11.6 Å². The van der Waals surface area contributed by atoms with Crippen LogP contribution in [0.5, 0.6) is 0 Å². The van der Waals surface area contributed by atoms with Crippen LogP contribution in [0.15, 0.2) is 30.3 Å². The standard InChI is InChI=1S/C27H31N3O2/c1-16-4-6-21(15-31)23(29-16)13-27(10-11-27)25-17(2)26(20-7-8-20)30(18(3)32)24-9-5-19(14-28)12-22(24)25/h4-6,9,12,17,20,25-26,31H,7-8,10-11,13,15H2,1-3H3/t17-,25-,26?/m1/s1. The Hall–Kier alpha value is -2.71. The van der Waals surface area contributed by atoms with Crippen molar-refractivity contribution in [2.24, 2.45) is 17.3 Å². The van der Waals surface area contributed by atoms with Crippen molar-refractivity contribution in [3.63, 3.8) is 0 Å². The Bertz CT molecular complexity index is 1110. The molecule has 166 valence electrons.